The van der Waals surface area contributed by atoms with E-state index < -0.39 is 0 Å². The predicted octanol–water partition coefficient (Wildman–Crippen LogP) is 1.55. The van der Waals surface area contributed by atoms with Gasteiger partial charge < -0.3 is 10.6 Å². The van der Waals surface area contributed by atoms with E-state index in [0.717, 1.165) is 5.56 Å². The fourth-order valence-corrected chi connectivity index (χ4v) is 1.36. The van der Waals surface area contributed by atoms with Crippen molar-refractivity contribution in [2.24, 2.45) is 5.73 Å². The minimum atomic E-state index is -0.288. The molecule has 0 saturated heterocycles. The van der Waals surface area contributed by atoms with Crippen LogP contribution in [0.5, 0.6) is 0 Å². The average molecular weight is 247 g/mol. The minimum absolute atomic E-state index is 0. The van der Waals surface area contributed by atoms with Crippen LogP contribution < -0.4 is 5.73 Å². The monoisotopic (exact) mass is 246 g/mol. The SMILES string of the molecule is CCN(Cc1cccc(F)c1)C(=O)CN.Cl. The molecule has 90 valence electrons. The van der Waals surface area contributed by atoms with Crippen molar-refractivity contribution in [3.63, 3.8) is 0 Å². The van der Waals surface area contributed by atoms with E-state index in [1.54, 1.807) is 17.0 Å². The summed E-state index contributed by atoms with van der Waals surface area (Å²) in [5.74, 6) is -0.412. The molecule has 0 atom stereocenters. The van der Waals surface area contributed by atoms with Crippen LogP contribution >= 0.6 is 12.4 Å². The number of hydrogen-bond donors (Lipinski definition) is 1. The second kappa shape index (κ2) is 7.19. The Kier molecular flexibility index (Phi) is 6.69. The number of likely N-dealkylation sites (N-methyl/N-ethyl adjacent to an activating group) is 1. The normalized spacial score (nSPS) is 9.44. The minimum Gasteiger partial charge on any atom is -0.338 e. The fourth-order valence-electron chi connectivity index (χ4n) is 1.36. The number of rotatable bonds is 4. The summed E-state index contributed by atoms with van der Waals surface area (Å²) < 4.78 is 12.9. The summed E-state index contributed by atoms with van der Waals surface area (Å²) in [6, 6.07) is 6.22. The van der Waals surface area contributed by atoms with Crippen LogP contribution in [0.3, 0.4) is 0 Å². The van der Waals surface area contributed by atoms with Crippen LogP contribution in [-0.4, -0.2) is 23.9 Å². The quantitative estimate of drug-likeness (QED) is 0.876. The molecule has 0 fully saturated rings. The van der Waals surface area contributed by atoms with Gasteiger partial charge in [0.05, 0.1) is 6.54 Å². The lowest BCUT2D eigenvalue weighted by Crippen LogP contribution is -2.35. The summed E-state index contributed by atoms with van der Waals surface area (Å²) in [6.45, 7) is 2.84. The first-order chi connectivity index (χ1) is 7.17. The largest absolute Gasteiger partial charge is 0.338 e. The maximum absolute atomic E-state index is 12.9. The van der Waals surface area contributed by atoms with Crippen LogP contribution in [0.25, 0.3) is 0 Å². The van der Waals surface area contributed by atoms with Crippen LogP contribution in [0.15, 0.2) is 24.3 Å². The van der Waals surface area contributed by atoms with Crippen molar-refractivity contribution >= 4 is 18.3 Å². The van der Waals surface area contributed by atoms with Gasteiger partial charge in [-0.3, -0.25) is 4.79 Å². The molecule has 1 amide bonds. The summed E-state index contributed by atoms with van der Waals surface area (Å²) in [5.41, 5.74) is 6.04. The van der Waals surface area contributed by atoms with Crippen molar-refractivity contribution in [3.8, 4) is 0 Å². The molecule has 0 heterocycles. The van der Waals surface area contributed by atoms with Gasteiger partial charge in [0.1, 0.15) is 5.82 Å². The standard InChI is InChI=1S/C11H15FN2O.ClH/c1-2-14(11(15)7-13)8-9-4-3-5-10(12)6-9;/h3-6H,2,7-8,13H2,1H3;1H. The van der Waals surface area contributed by atoms with Gasteiger partial charge >= 0.3 is 0 Å². The number of amides is 1. The molecule has 16 heavy (non-hydrogen) atoms. The summed E-state index contributed by atoms with van der Waals surface area (Å²) in [4.78, 5) is 12.9. The molecule has 0 radical (unpaired) electrons. The molecule has 0 aliphatic carbocycles. The first kappa shape index (κ1) is 14.9. The molecule has 0 unspecified atom stereocenters. The second-order valence-corrected chi connectivity index (χ2v) is 3.24. The molecule has 1 rings (SSSR count). The number of nitrogens with zero attached hydrogens (tertiary/aromatic N) is 1. The Morgan fingerprint density at radius 1 is 1.50 bits per heavy atom. The third kappa shape index (κ3) is 4.16. The number of carbonyl (C=O) groups excluding carboxylic acids is 1. The molecular weight excluding hydrogens is 231 g/mol. The molecule has 0 bridgehead atoms. The Morgan fingerprint density at radius 3 is 2.69 bits per heavy atom. The van der Waals surface area contributed by atoms with Crippen molar-refractivity contribution in [1.82, 2.24) is 4.90 Å². The van der Waals surface area contributed by atoms with E-state index >= 15 is 0 Å². The third-order valence-corrected chi connectivity index (χ3v) is 2.17. The Bertz CT molecular complexity index is 347. The number of hydrogen-bond acceptors (Lipinski definition) is 2. The highest BCUT2D eigenvalue weighted by Gasteiger charge is 2.09. The fraction of sp³-hybridized carbons (Fsp3) is 0.364. The van der Waals surface area contributed by atoms with Crippen molar-refractivity contribution in [1.29, 1.82) is 0 Å². The maximum atomic E-state index is 12.9. The zero-order chi connectivity index (χ0) is 11.3. The Morgan fingerprint density at radius 2 is 2.19 bits per heavy atom. The molecule has 0 saturated carbocycles. The lowest BCUT2D eigenvalue weighted by atomic mass is 10.2. The molecule has 0 aliphatic heterocycles. The van der Waals surface area contributed by atoms with Gasteiger partial charge in [-0.1, -0.05) is 12.1 Å². The summed E-state index contributed by atoms with van der Waals surface area (Å²) >= 11 is 0. The van der Waals surface area contributed by atoms with Gasteiger partial charge in [-0.25, -0.2) is 4.39 Å². The topological polar surface area (TPSA) is 46.3 Å². The lowest BCUT2D eigenvalue weighted by molar-refractivity contribution is -0.130. The van der Waals surface area contributed by atoms with E-state index in [2.05, 4.69) is 0 Å². The molecule has 5 heteroatoms. The van der Waals surface area contributed by atoms with Crippen LogP contribution in [-0.2, 0) is 11.3 Å². The number of benzene rings is 1. The molecule has 0 spiro atoms. The average Bonchev–Trinajstić information content (AvgIpc) is 2.25. The molecule has 1 aromatic rings. The van der Waals surface area contributed by atoms with Crippen molar-refractivity contribution in [3.05, 3.63) is 35.6 Å². The zero-order valence-corrected chi connectivity index (χ0v) is 9.97. The first-order valence-electron chi connectivity index (χ1n) is 4.89. The highest BCUT2D eigenvalue weighted by molar-refractivity contribution is 5.85. The Hall–Kier alpha value is -1.13. The van der Waals surface area contributed by atoms with E-state index in [-0.39, 0.29) is 30.7 Å². The number of carbonyl (C=O) groups is 1. The van der Waals surface area contributed by atoms with Gasteiger partial charge in [0.15, 0.2) is 0 Å². The van der Waals surface area contributed by atoms with E-state index in [0.29, 0.717) is 13.1 Å². The number of halogens is 2. The van der Waals surface area contributed by atoms with Crippen molar-refractivity contribution in [2.45, 2.75) is 13.5 Å². The lowest BCUT2D eigenvalue weighted by Gasteiger charge is -2.20. The highest BCUT2D eigenvalue weighted by Crippen LogP contribution is 2.07. The smallest absolute Gasteiger partial charge is 0.236 e. The molecule has 2 N–H and O–H groups in total. The molecule has 0 aromatic heterocycles. The van der Waals surface area contributed by atoms with Crippen LogP contribution in [0.1, 0.15) is 12.5 Å². The van der Waals surface area contributed by atoms with Crippen molar-refractivity contribution in [2.75, 3.05) is 13.1 Å². The van der Waals surface area contributed by atoms with Crippen LogP contribution in [0.2, 0.25) is 0 Å². The summed E-state index contributed by atoms with van der Waals surface area (Å²) in [5, 5.41) is 0. The van der Waals surface area contributed by atoms with E-state index in [1.165, 1.54) is 12.1 Å². The van der Waals surface area contributed by atoms with Gasteiger partial charge in [-0.2, -0.15) is 0 Å². The van der Waals surface area contributed by atoms with Gasteiger partial charge in [0.2, 0.25) is 5.91 Å². The summed E-state index contributed by atoms with van der Waals surface area (Å²) in [6.07, 6.45) is 0. The second-order valence-electron chi connectivity index (χ2n) is 3.24. The first-order valence-corrected chi connectivity index (χ1v) is 4.89. The Balaban J connectivity index is 0.00000225. The van der Waals surface area contributed by atoms with E-state index in [1.807, 2.05) is 6.92 Å². The molecular formula is C11H16ClFN2O. The van der Waals surface area contributed by atoms with Gasteiger partial charge in [0, 0.05) is 13.1 Å². The third-order valence-electron chi connectivity index (χ3n) is 2.17. The van der Waals surface area contributed by atoms with Gasteiger partial charge in [-0.05, 0) is 24.6 Å². The van der Waals surface area contributed by atoms with Crippen LogP contribution in [0.4, 0.5) is 4.39 Å². The van der Waals surface area contributed by atoms with Gasteiger partial charge in [-0.15, -0.1) is 12.4 Å². The molecule has 1 aromatic carbocycles. The van der Waals surface area contributed by atoms with Gasteiger partial charge in [0.25, 0.3) is 0 Å². The van der Waals surface area contributed by atoms with Crippen LogP contribution in [0, 0.1) is 5.82 Å². The highest BCUT2D eigenvalue weighted by atomic mass is 35.5. The zero-order valence-electron chi connectivity index (χ0n) is 9.15. The van der Waals surface area contributed by atoms with Crippen molar-refractivity contribution < 1.29 is 9.18 Å². The number of nitrogens with two attached hydrogens (primary N) is 1. The Labute approximate surface area is 101 Å². The van der Waals surface area contributed by atoms with E-state index in [9.17, 15) is 9.18 Å². The maximum Gasteiger partial charge on any atom is 0.236 e. The molecule has 0 aliphatic rings. The van der Waals surface area contributed by atoms with E-state index in [4.69, 9.17) is 5.73 Å². The molecule has 3 nitrogen and oxygen atoms in total. The summed E-state index contributed by atoms with van der Waals surface area (Å²) in [7, 11) is 0. The predicted molar refractivity (Wildman–Crippen MR) is 63.8 cm³/mol.